The molecule has 6 heteroatoms. The number of carbonyl (C=O) groups is 1. The third-order valence-corrected chi connectivity index (χ3v) is 4.79. The van der Waals surface area contributed by atoms with E-state index in [4.69, 9.17) is 4.74 Å². The Morgan fingerprint density at radius 2 is 2.22 bits per heavy atom. The highest BCUT2D eigenvalue weighted by Crippen LogP contribution is 2.48. The molecule has 1 amide bonds. The van der Waals surface area contributed by atoms with Crippen LogP contribution in [0.25, 0.3) is 0 Å². The molecule has 0 aliphatic carbocycles. The van der Waals surface area contributed by atoms with E-state index in [2.05, 4.69) is 30.5 Å². The third kappa shape index (κ3) is 3.09. The summed E-state index contributed by atoms with van der Waals surface area (Å²) in [7, 11) is 0. The van der Waals surface area contributed by atoms with Gasteiger partial charge in [0.2, 0.25) is 0 Å². The van der Waals surface area contributed by atoms with Crippen LogP contribution in [0.4, 0.5) is 4.79 Å². The van der Waals surface area contributed by atoms with E-state index in [0.717, 1.165) is 26.1 Å². The van der Waals surface area contributed by atoms with Crippen LogP contribution in [-0.2, 0) is 4.74 Å². The fraction of sp³-hybridized carbons (Fsp3) is 0.765. The third-order valence-electron chi connectivity index (χ3n) is 4.79. The van der Waals surface area contributed by atoms with Crippen molar-refractivity contribution >= 4 is 6.09 Å². The lowest BCUT2D eigenvalue weighted by Crippen LogP contribution is -2.57. The summed E-state index contributed by atoms with van der Waals surface area (Å²) in [5.41, 5.74) is 0.903. The standard InChI is InChI=1S/C17H28N4O2/c1-12(2)21-9-13(8-19-21)14-17(10-18-14)6-7-20(11-17)15(22)23-16(3,4)5/h8-9,12,14,18H,6-7,10-11H2,1-5H3/t14-,17+/m0/s1. The minimum absolute atomic E-state index is 0.127. The SMILES string of the molecule is CC(C)n1cc([C@@H]2NC[C@@]23CCN(C(=O)OC(C)(C)C)C3)cn1. The first-order valence-corrected chi connectivity index (χ1v) is 8.46. The lowest BCUT2D eigenvalue weighted by molar-refractivity contribution is 0.0216. The molecular formula is C17H28N4O2. The Labute approximate surface area is 138 Å². The monoisotopic (exact) mass is 320 g/mol. The van der Waals surface area contributed by atoms with E-state index >= 15 is 0 Å². The average Bonchev–Trinajstić information content (AvgIpc) is 3.03. The summed E-state index contributed by atoms with van der Waals surface area (Å²) in [5, 5.41) is 7.97. The summed E-state index contributed by atoms with van der Waals surface area (Å²) in [6, 6.07) is 0.643. The lowest BCUT2D eigenvalue weighted by Gasteiger charge is -2.47. The molecule has 1 aromatic heterocycles. The number of aromatic nitrogens is 2. The molecule has 3 heterocycles. The Morgan fingerprint density at radius 3 is 2.74 bits per heavy atom. The number of amides is 1. The topological polar surface area (TPSA) is 59.4 Å². The number of hydrogen-bond donors (Lipinski definition) is 1. The van der Waals surface area contributed by atoms with Crippen LogP contribution in [0.2, 0.25) is 0 Å². The predicted octanol–water partition coefficient (Wildman–Crippen LogP) is 2.74. The smallest absolute Gasteiger partial charge is 0.410 e. The molecule has 1 spiro atoms. The molecule has 0 saturated carbocycles. The van der Waals surface area contributed by atoms with Gasteiger partial charge in [0.1, 0.15) is 5.60 Å². The number of nitrogens with one attached hydrogen (secondary N) is 1. The molecule has 2 aliphatic heterocycles. The van der Waals surface area contributed by atoms with Crippen molar-refractivity contribution in [3.63, 3.8) is 0 Å². The molecule has 3 rings (SSSR count). The second-order valence-electron chi connectivity index (χ2n) is 8.18. The summed E-state index contributed by atoms with van der Waals surface area (Å²) in [6.07, 6.45) is 4.89. The van der Waals surface area contributed by atoms with E-state index in [1.54, 1.807) is 0 Å². The highest BCUT2D eigenvalue weighted by atomic mass is 16.6. The van der Waals surface area contributed by atoms with Crippen LogP contribution in [0.3, 0.4) is 0 Å². The highest BCUT2D eigenvalue weighted by molar-refractivity contribution is 5.68. The van der Waals surface area contributed by atoms with Crippen molar-refractivity contribution in [3.05, 3.63) is 18.0 Å². The maximum atomic E-state index is 12.3. The molecule has 0 unspecified atom stereocenters. The largest absolute Gasteiger partial charge is 0.444 e. The van der Waals surface area contributed by atoms with Gasteiger partial charge in [-0.25, -0.2) is 4.79 Å². The predicted molar refractivity (Wildman–Crippen MR) is 88.2 cm³/mol. The molecule has 0 radical (unpaired) electrons. The highest BCUT2D eigenvalue weighted by Gasteiger charge is 2.53. The van der Waals surface area contributed by atoms with E-state index < -0.39 is 5.60 Å². The van der Waals surface area contributed by atoms with Gasteiger partial charge in [-0.15, -0.1) is 0 Å². The second-order valence-corrected chi connectivity index (χ2v) is 8.18. The van der Waals surface area contributed by atoms with E-state index in [-0.39, 0.29) is 17.6 Å². The Bertz CT molecular complexity index is 590. The molecule has 0 bridgehead atoms. The van der Waals surface area contributed by atoms with Gasteiger partial charge in [0.05, 0.1) is 6.20 Å². The number of rotatable bonds is 2. The Hall–Kier alpha value is -1.56. The van der Waals surface area contributed by atoms with Crippen LogP contribution in [0.5, 0.6) is 0 Å². The number of hydrogen-bond acceptors (Lipinski definition) is 4. The zero-order chi connectivity index (χ0) is 16.8. The van der Waals surface area contributed by atoms with Crippen molar-refractivity contribution in [2.45, 2.75) is 58.7 Å². The van der Waals surface area contributed by atoms with Gasteiger partial charge in [-0.1, -0.05) is 0 Å². The van der Waals surface area contributed by atoms with Gasteiger partial charge in [-0.3, -0.25) is 4.68 Å². The van der Waals surface area contributed by atoms with Crippen LogP contribution < -0.4 is 5.32 Å². The van der Waals surface area contributed by atoms with Gasteiger partial charge >= 0.3 is 6.09 Å². The van der Waals surface area contributed by atoms with Gasteiger partial charge < -0.3 is 15.0 Å². The van der Waals surface area contributed by atoms with E-state index in [0.29, 0.717) is 6.04 Å². The van der Waals surface area contributed by atoms with Crippen LogP contribution in [0.15, 0.2) is 12.4 Å². The lowest BCUT2D eigenvalue weighted by atomic mass is 9.70. The molecule has 6 nitrogen and oxygen atoms in total. The van der Waals surface area contributed by atoms with Gasteiger partial charge in [-0.2, -0.15) is 5.10 Å². The minimum Gasteiger partial charge on any atom is -0.444 e. The van der Waals surface area contributed by atoms with Crippen LogP contribution in [0, 0.1) is 5.41 Å². The summed E-state index contributed by atoms with van der Waals surface area (Å²) in [5.74, 6) is 0. The van der Waals surface area contributed by atoms with Gasteiger partial charge in [-0.05, 0) is 41.0 Å². The van der Waals surface area contributed by atoms with Crippen molar-refractivity contribution in [2.75, 3.05) is 19.6 Å². The first-order chi connectivity index (χ1) is 10.7. The molecule has 1 N–H and O–H groups in total. The van der Waals surface area contributed by atoms with Crippen molar-refractivity contribution in [1.29, 1.82) is 0 Å². The Kier molecular flexibility index (Phi) is 3.91. The minimum atomic E-state index is -0.442. The van der Waals surface area contributed by atoms with E-state index in [9.17, 15) is 4.79 Å². The van der Waals surface area contributed by atoms with Crippen molar-refractivity contribution < 1.29 is 9.53 Å². The Balaban J connectivity index is 1.68. The number of carbonyl (C=O) groups excluding carboxylic acids is 1. The molecule has 128 valence electrons. The van der Waals surface area contributed by atoms with Gasteiger partial charge in [0, 0.05) is 48.9 Å². The van der Waals surface area contributed by atoms with Crippen molar-refractivity contribution in [3.8, 4) is 0 Å². The first-order valence-electron chi connectivity index (χ1n) is 8.46. The fourth-order valence-corrected chi connectivity index (χ4v) is 3.51. The molecular weight excluding hydrogens is 292 g/mol. The summed E-state index contributed by atoms with van der Waals surface area (Å²) >= 11 is 0. The molecule has 0 aromatic carbocycles. The van der Waals surface area contributed by atoms with Gasteiger partial charge in [0.25, 0.3) is 0 Å². The molecule has 2 atom stereocenters. The Morgan fingerprint density at radius 1 is 1.48 bits per heavy atom. The van der Waals surface area contributed by atoms with E-state index in [1.165, 1.54) is 5.56 Å². The van der Waals surface area contributed by atoms with Crippen LogP contribution in [-0.4, -0.2) is 46.0 Å². The van der Waals surface area contributed by atoms with Crippen LogP contribution in [0.1, 0.15) is 58.7 Å². The second kappa shape index (κ2) is 5.51. The quantitative estimate of drug-likeness (QED) is 0.910. The molecule has 1 aromatic rings. The summed E-state index contributed by atoms with van der Waals surface area (Å²) < 4.78 is 7.50. The first kappa shape index (κ1) is 16.3. The number of nitrogens with zero attached hydrogens (tertiary/aromatic N) is 3. The van der Waals surface area contributed by atoms with Crippen molar-refractivity contribution in [1.82, 2.24) is 20.0 Å². The zero-order valence-electron chi connectivity index (χ0n) is 14.8. The summed E-state index contributed by atoms with van der Waals surface area (Å²) in [6.45, 7) is 12.4. The zero-order valence-corrected chi connectivity index (χ0v) is 14.8. The summed E-state index contributed by atoms with van der Waals surface area (Å²) in [4.78, 5) is 14.1. The van der Waals surface area contributed by atoms with Gasteiger partial charge in [0.15, 0.2) is 0 Å². The maximum Gasteiger partial charge on any atom is 0.410 e. The van der Waals surface area contributed by atoms with E-state index in [1.807, 2.05) is 36.5 Å². The average molecular weight is 320 g/mol. The van der Waals surface area contributed by atoms with Crippen molar-refractivity contribution in [2.24, 2.45) is 5.41 Å². The molecule has 2 saturated heterocycles. The number of likely N-dealkylation sites (tertiary alicyclic amines) is 1. The number of ether oxygens (including phenoxy) is 1. The van der Waals surface area contributed by atoms with Crippen LogP contribution >= 0.6 is 0 Å². The fourth-order valence-electron chi connectivity index (χ4n) is 3.51. The molecule has 2 fully saturated rings. The normalized spacial score (nSPS) is 27.6. The molecule has 23 heavy (non-hydrogen) atoms. The maximum absolute atomic E-state index is 12.3. The molecule has 2 aliphatic rings.